The molecule has 1 amide bonds. The summed E-state index contributed by atoms with van der Waals surface area (Å²) in [6, 6.07) is 14.0. The SMILES string of the molecule is CCc1cccc(CNC[C@H](O)[C@H](Cc2cc(F)cc(F)c2)NC(=O)CSc2ccc3nncn3n2)c1. The smallest absolute Gasteiger partial charge is 0.230 e. The molecule has 0 bridgehead atoms. The third kappa shape index (κ3) is 7.78. The number of amides is 1. The van der Waals surface area contributed by atoms with Gasteiger partial charge in [0, 0.05) is 19.2 Å². The Hall–Kier alpha value is -3.41. The van der Waals surface area contributed by atoms with Gasteiger partial charge < -0.3 is 15.7 Å². The van der Waals surface area contributed by atoms with Crippen LogP contribution in [0, 0.1) is 11.6 Å². The van der Waals surface area contributed by atoms with Crippen molar-refractivity contribution in [3.05, 3.63) is 89.2 Å². The molecule has 4 aromatic rings. The highest BCUT2D eigenvalue weighted by Crippen LogP contribution is 2.16. The van der Waals surface area contributed by atoms with E-state index in [1.807, 2.05) is 12.1 Å². The minimum absolute atomic E-state index is 0.0403. The molecule has 37 heavy (non-hydrogen) atoms. The molecule has 0 aliphatic rings. The largest absolute Gasteiger partial charge is 0.390 e. The van der Waals surface area contributed by atoms with E-state index in [4.69, 9.17) is 0 Å². The molecule has 2 aromatic heterocycles. The van der Waals surface area contributed by atoms with E-state index in [0.717, 1.165) is 18.1 Å². The van der Waals surface area contributed by atoms with Gasteiger partial charge in [-0.3, -0.25) is 4.79 Å². The van der Waals surface area contributed by atoms with Crippen molar-refractivity contribution in [3.63, 3.8) is 0 Å². The van der Waals surface area contributed by atoms with Gasteiger partial charge in [0.2, 0.25) is 5.91 Å². The van der Waals surface area contributed by atoms with Crippen LogP contribution in [-0.4, -0.2) is 55.3 Å². The number of hydrogen-bond donors (Lipinski definition) is 3. The first-order chi connectivity index (χ1) is 17.9. The average molecular weight is 527 g/mol. The lowest BCUT2D eigenvalue weighted by atomic mass is 10.0. The number of aromatic nitrogens is 4. The van der Waals surface area contributed by atoms with Crippen LogP contribution in [0.1, 0.15) is 23.6 Å². The van der Waals surface area contributed by atoms with Gasteiger partial charge in [0.25, 0.3) is 0 Å². The molecule has 0 radical (unpaired) electrons. The summed E-state index contributed by atoms with van der Waals surface area (Å²) in [4.78, 5) is 12.8. The third-order valence-electron chi connectivity index (χ3n) is 5.76. The Morgan fingerprint density at radius 1 is 1.08 bits per heavy atom. The number of fused-ring (bicyclic) bond motifs is 1. The fourth-order valence-electron chi connectivity index (χ4n) is 3.91. The fraction of sp³-hybridized carbons (Fsp3) is 0.308. The molecule has 2 aromatic carbocycles. The molecule has 0 saturated heterocycles. The number of nitrogens with one attached hydrogen (secondary N) is 2. The van der Waals surface area contributed by atoms with Crippen molar-refractivity contribution in [1.82, 2.24) is 30.4 Å². The maximum absolute atomic E-state index is 13.8. The molecule has 4 rings (SSSR count). The van der Waals surface area contributed by atoms with E-state index in [1.165, 1.54) is 40.3 Å². The van der Waals surface area contributed by atoms with Gasteiger partial charge in [-0.25, -0.2) is 8.78 Å². The van der Waals surface area contributed by atoms with Crippen molar-refractivity contribution in [2.45, 2.75) is 43.5 Å². The van der Waals surface area contributed by atoms with Crippen LogP contribution >= 0.6 is 11.8 Å². The van der Waals surface area contributed by atoms with Crippen LogP contribution in [-0.2, 0) is 24.2 Å². The summed E-state index contributed by atoms with van der Waals surface area (Å²) in [5.41, 5.74) is 3.22. The minimum atomic E-state index is -0.999. The zero-order chi connectivity index (χ0) is 26.2. The van der Waals surface area contributed by atoms with Crippen molar-refractivity contribution in [3.8, 4) is 0 Å². The van der Waals surface area contributed by atoms with Gasteiger partial charge in [-0.2, -0.15) is 9.61 Å². The van der Waals surface area contributed by atoms with Gasteiger partial charge in [-0.1, -0.05) is 43.0 Å². The molecular formula is C26H28F2N6O2S. The van der Waals surface area contributed by atoms with E-state index >= 15 is 0 Å². The molecule has 0 aliphatic carbocycles. The monoisotopic (exact) mass is 526 g/mol. The minimum Gasteiger partial charge on any atom is -0.390 e. The Kier molecular flexibility index (Phi) is 9.15. The maximum Gasteiger partial charge on any atom is 0.230 e. The number of carbonyl (C=O) groups excluding carboxylic acids is 1. The standard InChI is InChI=1S/C26H28F2N6O2S/c1-2-17-4-3-5-18(8-17)13-29-14-23(35)22(11-19-9-20(27)12-21(28)10-19)31-25(36)15-37-26-7-6-24-32-30-16-34(24)33-26/h3-10,12,16,22-23,29,35H,2,11,13-15H2,1H3,(H,31,36)/t22-,23-/m0/s1. The Balaban J connectivity index is 1.38. The molecule has 2 heterocycles. The first-order valence-corrected chi connectivity index (χ1v) is 12.9. The quantitative estimate of drug-likeness (QED) is 0.244. The zero-order valence-corrected chi connectivity index (χ0v) is 21.1. The zero-order valence-electron chi connectivity index (χ0n) is 20.3. The van der Waals surface area contributed by atoms with Gasteiger partial charge in [-0.15, -0.1) is 10.2 Å². The number of benzene rings is 2. The van der Waals surface area contributed by atoms with Crippen LogP contribution in [0.25, 0.3) is 5.65 Å². The maximum atomic E-state index is 13.8. The lowest BCUT2D eigenvalue weighted by molar-refractivity contribution is -0.120. The third-order valence-corrected chi connectivity index (χ3v) is 6.68. The Morgan fingerprint density at radius 3 is 2.65 bits per heavy atom. The van der Waals surface area contributed by atoms with Gasteiger partial charge >= 0.3 is 0 Å². The van der Waals surface area contributed by atoms with Gasteiger partial charge in [-0.05, 0) is 53.8 Å². The van der Waals surface area contributed by atoms with E-state index in [0.29, 0.717) is 22.8 Å². The predicted octanol–water partition coefficient (Wildman–Crippen LogP) is 2.94. The highest BCUT2D eigenvalue weighted by atomic mass is 32.2. The van der Waals surface area contributed by atoms with Gasteiger partial charge in [0.15, 0.2) is 5.65 Å². The van der Waals surface area contributed by atoms with Crippen molar-refractivity contribution in [2.75, 3.05) is 12.3 Å². The summed E-state index contributed by atoms with van der Waals surface area (Å²) in [7, 11) is 0. The van der Waals surface area contributed by atoms with Crippen molar-refractivity contribution in [1.29, 1.82) is 0 Å². The Morgan fingerprint density at radius 2 is 1.86 bits per heavy atom. The first kappa shape index (κ1) is 26.6. The van der Waals surface area contributed by atoms with E-state index < -0.39 is 23.8 Å². The van der Waals surface area contributed by atoms with Crippen molar-refractivity contribution >= 4 is 23.3 Å². The number of thioether (sulfide) groups is 1. The van der Waals surface area contributed by atoms with Crippen LogP contribution in [0.4, 0.5) is 8.78 Å². The molecule has 0 aliphatic heterocycles. The van der Waals surface area contributed by atoms with Crippen LogP contribution in [0.5, 0.6) is 0 Å². The number of halogens is 2. The number of aryl methyl sites for hydroxylation is 1. The number of rotatable bonds is 12. The van der Waals surface area contributed by atoms with Crippen molar-refractivity contribution < 1.29 is 18.7 Å². The van der Waals surface area contributed by atoms with Crippen LogP contribution in [0.3, 0.4) is 0 Å². The lowest BCUT2D eigenvalue weighted by Gasteiger charge is -2.25. The van der Waals surface area contributed by atoms with Gasteiger partial charge in [0.05, 0.1) is 17.9 Å². The summed E-state index contributed by atoms with van der Waals surface area (Å²) in [5.74, 6) is -1.73. The number of carbonyl (C=O) groups is 1. The second-order valence-electron chi connectivity index (χ2n) is 8.62. The average Bonchev–Trinajstić information content (AvgIpc) is 3.34. The molecule has 3 N–H and O–H groups in total. The molecule has 8 nitrogen and oxygen atoms in total. The summed E-state index contributed by atoms with van der Waals surface area (Å²) in [6.07, 6.45) is 1.45. The Labute approximate surface area is 217 Å². The summed E-state index contributed by atoms with van der Waals surface area (Å²) >= 11 is 1.21. The first-order valence-electron chi connectivity index (χ1n) is 11.9. The number of nitrogens with zero attached hydrogens (tertiary/aromatic N) is 4. The number of hydrogen-bond acceptors (Lipinski definition) is 7. The molecular weight excluding hydrogens is 498 g/mol. The molecule has 194 valence electrons. The number of aliphatic hydroxyl groups excluding tert-OH is 1. The van der Waals surface area contributed by atoms with E-state index in [9.17, 15) is 18.7 Å². The Bertz CT molecular complexity index is 1330. The summed E-state index contributed by atoms with van der Waals surface area (Å²) in [6.45, 7) is 2.80. The molecule has 0 saturated carbocycles. The fourth-order valence-corrected chi connectivity index (χ4v) is 4.58. The topological polar surface area (TPSA) is 104 Å². The van der Waals surface area contributed by atoms with Gasteiger partial charge in [0.1, 0.15) is 23.0 Å². The second kappa shape index (κ2) is 12.7. The highest BCUT2D eigenvalue weighted by molar-refractivity contribution is 7.99. The predicted molar refractivity (Wildman–Crippen MR) is 137 cm³/mol. The van der Waals surface area contributed by atoms with E-state index in [2.05, 4.69) is 45.0 Å². The van der Waals surface area contributed by atoms with Crippen LogP contribution in [0.15, 0.2) is 66.0 Å². The van der Waals surface area contributed by atoms with Crippen molar-refractivity contribution in [2.24, 2.45) is 0 Å². The van der Waals surface area contributed by atoms with E-state index in [1.54, 1.807) is 12.1 Å². The number of aliphatic hydroxyl groups is 1. The molecule has 2 atom stereocenters. The van der Waals surface area contributed by atoms with Crippen LogP contribution in [0.2, 0.25) is 0 Å². The normalized spacial score (nSPS) is 13.0. The van der Waals surface area contributed by atoms with E-state index in [-0.39, 0.29) is 24.6 Å². The highest BCUT2D eigenvalue weighted by Gasteiger charge is 2.22. The van der Waals surface area contributed by atoms with Crippen LogP contribution < -0.4 is 10.6 Å². The molecule has 0 fully saturated rings. The summed E-state index contributed by atoms with van der Waals surface area (Å²) in [5, 5.41) is 29.5. The summed E-state index contributed by atoms with van der Waals surface area (Å²) < 4.78 is 29.0. The second-order valence-corrected chi connectivity index (χ2v) is 9.62. The molecule has 11 heteroatoms. The molecule has 0 spiro atoms. The molecule has 0 unspecified atom stereocenters. The lowest BCUT2D eigenvalue weighted by Crippen LogP contribution is -2.49.